The molecule has 0 radical (unpaired) electrons. The van der Waals surface area contributed by atoms with Gasteiger partial charge in [-0.3, -0.25) is 9.78 Å². The summed E-state index contributed by atoms with van der Waals surface area (Å²) in [5.41, 5.74) is -2.40. The summed E-state index contributed by atoms with van der Waals surface area (Å²) in [6.45, 7) is 7.55. The van der Waals surface area contributed by atoms with E-state index in [2.05, 4.69) is 11.9 Å². The Morgan fingerprint density at radius 3 is 2.68 bits per heavy atom. The Labute approximate surface area is 215 Å². The normalized spacial score (nSPS) is 38.5. The number of hydrogen-bond acceptors (Lipinski definition) is 9. The average molecular weight is 514 g/mol. The zero-order valence-corrected chi connectivity index (χ0v) is 21.9. The maximum absolute atomic E-state index is 13.3. The van der Waals surface area contributed by atoms with Crippen molar-refractivity contribution in [1.82, 2.24) is 4.98 Å². The van der Waals surface area contributed by atoms with Gasteiger partial charge in [0, 0.05) is 49.4 Å². The molecular formula is C28H35NO8. The van der Waals surface area contributed by atoms with Gasteiger partial charge in [0.1, 0.15) is 28.8 Å². The van der Waals surface area contributed by atoms with Crippen LogP contribution in [0.3, 0.4) is 0 Å². The highest BCUT2D eigenvalue weighted by molar-refractivity contribution is 5.66. The Balaban J connectivity index is 1.68. The molecule has 2 N–H and O–H groups in total. The van der Waals surface area contributed by atoms with Crippen LogP contribution in [-0.4, -0.2) is 52.7 Å². The van der Waals surface area contributed by atoms with Crippen molar-refractivity contribution in [3.8, 4) is 17.1 Å². The van der Waals surface area contributed by atoms with Gasteiger partial charge in [-0.1, -0.05) is 13.8 Å². The quantitative estimate of drug-likeness (QED) is 0.592. The van der Waals surface area contributed by atoms with Crippen molar-refractivity contribution in [2.45, 2.75) is 70.9 Å². The molecule has 2 unspecified atom stereocenters. The molecule has 3 aliphatic rings. The number of carbonyl (C=O) groups excluding carboxylic acids is 1. The molecule has 2 saturated carbocycles. The fourth-order valence-corrected chi connectivity index (χ4v) is 7.71. The number of aliphatic hydroxyl groups excluding tert-OH is 2. The molecule has 0 aromatic carbocycles. The maximum atomic E-state index is 13.3. The third-order valence-corrected chi connectivity index (χ3v) is 9.33. The van der Waals surface area contributed by atoms with Gasteiger partial charge >= 0.3 is 11.6 Å². The van der Waals surface area contributed by atoms with E-state index >= 15 is 0 Å². The fraction of sp³-hybridized carbons (Fsp3) is 0.607. The van der Waals surface area contributed by atoms with Gasteiger partial charge in [0.25, 0.3) is 0 Å². The van der Waals surface area contributed by atoms with E-state index in [-0.39, 0.29) is 23.0 Å². The second kappa shape index (κ2) is 8.92. The minimum absolute atomic E-state index is 0.0538. The summed E-state index contributed by atoms with van der Waals surface area (Å²) in [6, 6.07) is 5.09. The molecule has 2 aromatic heterocycles. The number of ether oxygens (including phenoxy) is 3. The van der Waals surface area contributed by atoms with Crippen molar-refractivity contribution < 1.29 is 33.6 Å². The van der Waals surface area contributed by atoms with Gasteiger partial charge in [0.2, 0.25) is 0 Å². The van der Waals surface area contributed by atoms with Crippen LogP contribution >= 0.6 is 0 Å². The lowest BCUT2D eigenvalue weighted by Crippen LogP contribution is -2.71. The van der Waals surface area contributed by atoms with Crippen LogP contribution in [0.25, 0.3) is 11.3 Å². The van der Waals surface area contributed by atoms with Crippen LogP contribution in [0.5, 0.6) is 5.75 Å². The summed E-state index contributed by atoms with van der Waals surface area (Å²) in [7, 11) is 1.60. The highest BCUT2D eigenvalue weighted by Gasteiger charge is 2.70. The predicted molar refractivity (Wildman–Crippen MR) is 133 cm³/mol. The molecule has 9 heteroatoms. The first-order valence-corrected chi connectivity index (χ1v) is 12.8. The summed E-state index contributed by atoms with van der Waals surface area (Å²) in [5, 5.41) is 23.0. The second-order valence-corrected chi connectivity index (χ2v) is 11.5. The molecule has 2 fully saturated rings. The minimum atomic E-state index is -1.24. The van der Waals surface area contributed by atoms with Crippen molar-refractivity contribution in [3.63, 3.8) is 0 Å². The molecule has 5 rings (SSSR count). The summed E-state index contributed by atoms with van der Waals surface area (Å²) >= 11 is 0. The zero-order valence-electron chi connectivity index (χ0n) is 21.9. The van der Waals surface area contributed by atoms with Crippen molar-refractivity contribution in [3.05, 3.63) is 46.6 Å². The van der Waals surface area contributed by atoms with Crippen LogP contribution in [-0.2, 0) is 14.3 Å². The minimum Gasteiger partial charge on any atom is -0.482 e. The highest BCUT2D eigenvalue weighted by Crippen LogP contribution is 2.67. The number of rotatable bonds is 4. The third kappa shape index (κ3) is 3.82. The van der Waals surface area contributed by atoms with Gasteiger partial charge in [-0.2, -0.15) is 0 Å². The lowest BCUT2D eigenvalue weighted by molar-refractivity contribution is -0.269. The second-order valence-electron chi connectivity index (χ2n) is 11.5. The van der Waals surface area contributed by atoms with Crippen LogP contribution in [0.2, 0.25) is 0 Å². The summed E-state index contributed by atoms with van der Waals surface area (Å²) in [6.07, 6.45) is 2.12. The summed E-state index contributed by atoms with van der Waals surface area (Å²) in [5.74, 6) is -0.801. The Morgan fingerprint density at radius 1 is 1.27 bits per heavy atom. The fourth-order valence-electron chi connectivity index (χ4n) is 7.71. The van der Waals surface area contributed by atoms with Crippen LogP contribution in [0.15, 0.2) is 39.8 Å². The van der Waals surface area contributed by atoms with Gasteiger partial charge in [-0.25, -0.2) is 4.79 Å². The number of aliphatic hydroxyl groups is 2. The third-order valence-electron chi connectivity index (χ3n) is 9.33. The monoisotopic (exact) mass is 513 g/mol. The van der Waals surface area contributed by atoms with Crippen LogP contribution in [0, 0.1) is 22.7 Å². The standard InChI is InChI=1S/C28H35NO8/c1-15(30)35-21-12-19-26(2,9-8-20(31)27(19,3)14-34-5)24-23(32)22-18(37-28(21,24)4)11-17(36-25(22)33)16-7-6-10-29-13-16/h6-7,10-11,13,19-21,23-24,31-32H,8-9,12,14H2,1-5H3/t19?,20-,21-,23-,24?,26-,27-,28+/m0/s1. The molecule has 2 aromatic rings. The number of nitrogens with zero attached hydrogens (tertiary/aromatic N) is 1. The molecule has 0 amide bonds. The molecule has 0 bridgehead atoms. The molecule has 0 spiro atoms. The molecule has 37 heavy (non-hydrogen) atoms. The topological polar surface area (TPSA) is 128 Å². The molecular weight excluding hydrogens is 478 g/mol. The van der Waals surface area contributed by atoms with Crippen molar-refractivity contribution in [2.75, 3.05) is 13.7 Å². The average Bonchev–Trinajstić information content (AvgIpc) is 2.83. The Bertz CT molecular complexity index is 1250. The van der Waals surface area contributed by atoms with Gasteiger partial charge in [-0.05, 0) is 49.7 Å². The zero-order chi connectivity index (χ0) is 26.8. The van der Waals surface area contributed by atoms with E-state index in [0.29, 0.717) is 31.4 Å². The number of esters is 1. The molecule has 9 nitrogen and oxygen atoms in total. The predicted octanol–water partition coefficient (Wildman–Crippen LogP) is 3.27. The van der Waals surface area contributed by atoms with E-state index in [9.17, 15) is 19.8 Å². The van der Waals surface area contributed by atoms with Crippen molar-refractivity contribution in [1.29, 1.82) is 0 Å². The summed E-state index contributed by atoms with van der Waals surface area (Å²) < 4.78 is 23.6. The Kier molecular flexibility index (Phi) is 6.24. The number of aromatic nitrogens is 1. The Morgan fingerprint density at radius 2 is 2.03 bits per heavy atom. The van der Waals surface area contributed by atoms with Gasteiger partial charge in [-0.15, -0.1) is 0 Å². The first kappa shape index (κ1) is 25.9. The maximum Gasteiger partial charge on any atom is 0.345 e. The smallest absolute Gasteiger partial charge is 0.345 e. The van der Waals surface area contributed by atoms with E-state index in [4.69, 9.17) is 18.6 Å². The lowest BCUT2D eigenvalue weighted by Gasteiger charge is -2.66. The van der Waals surface area contributed by atoms with Crippen LogP contribution in [0.1, 0.15) is 58.6 Å². The molecule has 8 atom stereocenters. The number of carbonyl (C=O) groups is 1. The van der Waals surface area contributed by atoms with Crippen LogP contribution < -0.4 is 10.4 Å². The lowest BCUT2D eigenvalue weighted by atomic mass is 9.42. The van der Waals surface area contributed by atoms with E-state index in [1.807, 2.05) is 13.8 Å². The van der Waals surface area contributed by atoms with E-state index in [1.165, 1.54) is 6.92 Å². The van der Waals surface area contributed by atoms with E-state index in [1.54, 1.807) is 37.7 Å². The number of methoxy groups -OCH3 is 1. The van der Waals surface area contributed by atoms with E-state index in [0.717, 1.165) is 0 Å². The first-order valence-electron chi connectivity index (χ1n) is 12.8. The Hall–Kier alpha value is -2.75. The summed E-state index contributed by atoms with van der Waals surface area (Å²) in [4.78, 5) is 29.6. The molecule has 2 aliphatic carbocycles. The SMILES string of the molecule is COC[C@@]1(C)C2C[C@H](OC(C)=O)[C@@]3(C)Oc4cc(-c5cccnc5)oc(=O)c4[C@H](O)C3[C@@]2(C)CC[C@@H]1O. The van der Waals surface area contributed by atoms with Gasteiger partial charge in [0.05, 0.1) is 18.8 Å². The number of fused-ring (bicyclic) bond motifs is 4. The first-order chi connectivity index (χ1) is 17.5. The van der Waals surface area contributed by atoms with Crippen molar-refractivity contribution >= 4 is 5.97 Å². The van der Waals surface area contributed by atoms with Crippen LogP contribution in [0.4, 0.5) is 0 Å². The molecule has 3 heterocycles. The van der Waals surface area contributed by atoms with E-state index < -0.39 is 52.3 Å². The number of hydrogen-bond donors (Lipinski definition) is 2. The van der Waals surface area contributed by atoms with Gasteiger partial charge < -0.3 is 28.8 Å². The van der Waals surface area contributed by atoms with Gasteiger partial charge in [0.15, 0.2) is 0 Å². The molecule has 0 saturated heterocycles. The largest absolute Gasteiger partial charge is 0.482 e. The van der Waals surface area contributed by atoms with Crippen molar-refractivity contribution in [2.24, 2.45) is 22.7 Å². The highest BCUT2D eigenvalue weighted by atomic mass is 16.6. The number of pyridine rings is 1. The molecule has 200 valence electrons. The molecule has 1 aliphatic heterocycles.